The van der Waals surface area contributed by atoms with Crippen LogP contribution in [-0.4, -0.2) is 29.1 Å². The van der Waals surface area contributed by atoms with Crippen LogP contribution in [0.25, 0.3) is 0 Å². The van der Waals surface area contributed by atoms with Crippen molar-refractivity contribution in [1.82, 2.24) is 9.97 Å². The summed E-state index contributed by atoms with van der Waals surface area (Å²) in [4.78, 5) is 30.8. The van der Waals surface area contributed by atoms with Crippen molar-refractivity contribution < 1.29 is 14.3 Å². The van der Waals surface area contributed by atoms with Crippen molar-refractivity contribution in [3.05, 3.63) is 48.4 Å². The number of carbonyl (C=O) groups is 2. The number of amides is 2. The van der Waals surface area contributed by atoms with Gasteiger partial charge in [0.15, 0.2) is 5.82 Å². The molecule has 0 bridgehead atoms. The largest absolute Gasteiger partial charge is 0.465 e. The zero-order valence-electron chi connectivity index (χ0n) is 10.7. The molecular formula is C13H12N4O3. The summed E-state index contributed by atoms with van der Waals surface area (Å²) >= 11 is 0. The maximum atomic E-state index is 11.7. The van der Waals surface area contributed by atoms with Gasteiger partial charge in [0.05, 0.1) is 18.9 Å². The maximum Gasteiger partial charge on any atom is 0.337 e. The lowest BCUT2D eigenvalue weighted by molar-refractivity contribution is 0.0600. The fourth-order valence-electron chi connectivity index (χ4n) is 1.48. The third-order valence-corrected chi connectivity index (χ3v) is 2.35. The highest BCUT2D eigenvalue weighted by Crippen LogP contribution is 2.12. The second-order valence-electron chi connectivity index (χ2n) is 3.74. The molecule has 102 valence electrons. The van der Waals surface area contributed by atoms with Crippen molar-refractivity contribution in [1.29, 1.82) is 0 Å². The molecule has 1 aromatic carbocycles. The third-order valence-electron chi connectivity index (χ3n) is 2.35. The summed E-state index contributed by atoms with van der Waals surface area (Å²) in [6, 6.07) is 5.93. The summed E-state index contributed by atoms with van der Waals surface area (Å²) in [5, 5.41) is 5.10. The zero-order chi connectivity index (χ0) is 14.4. The quantitative estimate of drug-likeness (QED) is 0.832. The predicted molar refractivity (Wildman–Crippen MR) is 72.5 cm³/mol. The van der Waals surface area contributed by atoms with Crippen LogP contribution in [0.15, 0.2) is 42.9 Å². The number of hydrogen-bond acceptors (Lipinski definition) is 5. The molecule has 0 aliphatic rings. The molecule has 0 aliphatic carbocycles. The lowest BCUT2D eigenvalue weighted by atomic mass is 10.2. The molecule has 7 heteroatoms. The Hall–Kier alpha value is -2.96. The molecule has 7 nitrogen and oxygen atoms in total. The highest BCUT2D eigenvalue weighted by atomic mass is 16.5. The van der Waals surface area contributed by atoms with Gasteiger partial charge in [-0.2, -0.15) is 0 Å². The fourth-order valence-corrected chi connectivity index (χ4v) is 1.48. The Kier molecular flexibility index (Phi) is 4.23. The van der Waals surface area contributed by atoms with Gasteiger partial charge >= 0.3 is 12.0 Å². The van der Waals surface area contributed by atoms with Gasteiger partial charge in [0.2, 0.25) is 0 Å². The minimum Gasteiger partial charge on any atom is -0.465 e. The first kappa shape index (κ1) is 13.5. The monoisotopic (exact) mass is 272 g/mol. The van der Waals surface area contributed by atoms with E-state index in [9.17, 15) is 9.59 Å². The fraction of sp³-hybridized carbons (Fsp3) is 0.0769. The zero-order valence-corrected chi connectivity index (χ0v) is 10.7. The standard InChI is InChI=1S/C13H12N4O3/c1-20-12(18)9-3-2-4-10(7-9)16-13(19)17-11-8-14-5-6-15-11/h2-8H,1H3,(H2,15,16,17,19). The highest BCUT2D eigenvalue weighted by Gasteiger charge is 2.08. The van der Waals surface area contributed by atoms with Crippen LogP contribution < -0.4 is 10.6 Å². The molecule has 0 fully saturated rings. The molecule has 0 aliphatic heterocycles. The number of ether oxygens (including phenoxy) is 1. The number of methoxy groups -OCH3 is 1. The Bertz CT molecular complexity index is 616. The number of hydrogen-bond donors (Lipinski definition) is 2. The van der Waals surface area contributed by atoms with Crippen molar-refractivity contribution in [2.75, 3.05) is 17.7 Å². The number of nitrogens with zero attached hydrogens (tertiary/aromatic N) is 2. The van der Waals surface area contributed by atoms with Gasteiger partial charge in [-0.05, 0) is 18.2 Å². The number of nitrogens with one attached hydrogen (secondary N) is 2. The first-order valence-corrected chi connectivity index (χ1v) is 5.71. The molecule has 0 radical (unpaired) electrons. The van der Waals surface area contributed by atoms with Crippen molar-refractivity contribution in [3.8, 4) is 0 Å². The minimum absolute atomic E-state index is 0.328. The van der Waals surface area contributed by atoms with Gasteiger partial charge in [-0.25, -0.2) is 14.6 Å². The van der Waals surface area contributed by atoms with Crippen molar-refractivity contribution >= 4 is 23.5 Å². The van der Waals surface area contributed by atoms with E-state index in [1.165, 1.54) is 31.8 Å². The second-order valence-corrected chi connectivity index (χ2v) is 3.74. The molecule has 2 amide bonds. The number of benzene rings is 1. The number of urea groups is 1. The van der Waals surface area contributed by atoms with Gasteiger partial charge in [0.25, 0.3) is 0 Å². The van der Waals surface area contributed by atoms with Crippen molar-refractivity contribution in [2.45, 2.75) is 0 Å². The van der Waals surface area contributed by atoms with Crippen LogP contribution in [0.1, 0.15) is 10.4 Å². The van der Waals surface area contributed by atoms with E-state index < -0.39 is 12.0 Å². The van der Waals surface area contributed by atoms with Crippen LogP contribution in [-0.2, 0) is 4.74 Å². The van der Waals surface area contributed by atoms with E-state index in [1.807, 2.05) is 0 Å². The van der Waals surface area contributed by atoms with E-state index >= 15 is 0 Å². The normalized spacial score (nSPS) is 9.65. The first-order chi connectivity index (χ1) is 9.69. The second kappa shape index (κ2) is 6.28. The maximum absolute atomic E-state index is 11.7. The van der Waals surface area contributed by atoms with E-state index in [-0.39, 0.29) is 0 Å². The Morgan fingerprint density at radius 2 is 2.05 bits per heavy atom. The van der Waals surface area contributed by atoms with E-state index in [0.717, 1.165) is 0 Å². The van der Waals surface area contributed by atoms with Gasteiger partial charge in [0, 0.05) is 18.1 Å². The predicted octanol–water partition coefficient (Wildman–Crippen LogP) is 1.91. The lowest BCUT2D eigenvalue weighted by Gasteiger charge is -2.07. The van der Waals surface area contributed by atoms with Gasteiger partial charge in [-0.3, -0.25) is 10.3 Å². The number of anilines is 2. The molecule has 20 heavy (non-hydrogen) atoms. The molecular weight excluding hydrogens is 260 g/mol. The average molecular weight is 272 g/mol. The minimum atomic E-state index is -0.479. The molecule has 2 N–H and O–H groups in total. The summed E-state index contributed by atoms with van der Waals surface area (Å²) in [6.07, 6.45) is 4.39. The average Bonchev–Trinajstić information content (AvgIpc) is 2.47. The summed E-state index contributed by atoms with van der Waals surface area (Å²) in [5.41, 5.74) is 0.819. The van der Waals surface area contributed by atoms with Crippen molar-refractivity contribution in [2.24, 2.45) is 0 Å². The SMILES string of the molecule is COC(=O)c1cccc(NC(=O)Nc2cnccn2)c1. The van der Waals surface area contributed by atoms with Gasteiger partial charge < -0.3 is 10.1 Å². The molecule has 2 aromatic rings. The molecule has 0 atom stereocenters. The topological polar surface area (TPSA) is 93.2 Å². The van der Waals surface area contributed by atoms with E-state index in [4.69, 9.17) is 0 Å². The number of carbonyl (C=O) groups excluding carboxylic acids is 2. The summed E-state index contributed by atoms with van der Waals surface area (Å²) in [5.74, 6) is -0.142. The molecule has 1 aromatic heterocycles. The van der Waals surface area contributed by atoms with Gasteiger partial charge in [-0.15, -0.1) is 0 Å². The molecule has 1 heterocycles. The molecule has 0 unspecified atom stereocenters. The van der Waals surface area contributed by atoms with Crippen molar-refractivity contribution in [3.63, 3.8) is 0 Å². The molecule has 0 spiro atoms. The van der Waals surface area contributed by atoms with E-state index in [1.54, 1.807) is 18.2 Å². The number of esters is 1. The van der Waals surface area contributed by atoms with Crippen LogP contribution >= 0.6 is 0 Å². The third kappa shape index (κ3) is 3.52. The molecule has 2 rings (SSSR count). The highest BCUT2D eigenvalue weighted by molar-refractivity contribution is 6.00. The van der Waals surface area contributed by atoms with Gasteiger partial charge in [0.1, 0.15) is 0 Å². The summed E-state index contributed by atoms with van der Waals surface area (Å²) < 4.78 is 4.61. The number of aromatic nitrogens is 2. The van der Waals surface area contributed by atoms with Crippen LogP contribution in [0.5, 0.6) is 0 Å². The number of rotatable bonds is 3. The molecule has 0 saturated heterocycles. The Balaban J connectivity index is 2.03. The van der Waals surface area contributed by atoms with Crippen LogP contribution in [0.4, 0.5) is 16.3 Å². The Morgan fingerprint density at radius 1 is 1.20 bits per heavy atom. The Labute approximate surface area is 115 Å². The van der Waals surface area contributed by atoms with Crippen LogP contribution in [0.2, 0.25) is 0 Å². The van der Waals surface area contributed by atoms with Crippen LogP contribution in [0.3, 0.4) is 0 Å². The van der Waals surface area contributed by atoms with E-state index in [0.29, 0.717) is 17.1 Å². The summed E-state index contributed by atoms with van der Waals surface area (Å²) in [6.45, 7) is 0. The summed E-state index contributed by atoms with van der Waals surface area (Å²) in [7, 11) is 1.29. The Morgan fingerprint density at radius 3 is 2.75 bits per heavy atom. The van der Waals surface area contributed by atoms with E-state index in [2.05, 4.69) is 25.3 Å². The van der Waals surface area contributed by atoms with Crippen LogP contribution in [0, 0.1) is 0 Å². The van der Waals surface area contributed by atoms with Gasteiger partial charge in [-0.1, -0.05) is 6.07 Å². The smallest absolute Gasteiger partial charge is 0.337 e. The lowest BCUT2D eigenvalue weighted by Crippen LogP contribution is -2.20. The first-order valence-electron chi connectivity index (χ1n) is 5.71. The molecule has 0 saturated carbocycles.